The summed E-state index contributed by atoms with van der Waals surface area (Å²) >= 11 is 1.21. The molecule has 1 rings (SSSR count). The molecule has 0 spiro atoms. The van der Waals surface area contributed by atoms with Gasteiger partial charge in [-0.2, -0.15) is 0 Å². The van der Waals surface area contributed by atoms with Crippen LogP contribution in [0.1, 0.15) is 18.5 Å². The molecule has 9 heteroatoms. The van der Waals surface area contributed by atoms with Crippen LogP contribution in [0.4, 0.5) is 9.93 Å². The summed E-state index contributed by atoms with van der Waals surface area (Å²) in [6.07, 6.45) is -0.525. The number of nitrogens with zero attached hydrogens (tertiary/aromatic N) is 1. The van der Waals surface area contributed by atoms with Gasteiger partial charge in [-0.05, 0) is 13.3 Å². The number of carboxylic acids is 2. The largest absolute Gasteiger partial charge is 0.481 e. The highest BCUT2D eigenvalue weighted by Crippen LogP contribution is 2.14. The first kappa shape index (κ1) is 14.9. The Kier molecular flexibility index (Phi) is 5.24. The van der Waals surface area contributed by atoms with Crippen molar-refractivity contribution in [3.63, 3.8) is 0 Å². The zero-order chi connectivity index (χ0) is 14.4. The second-order valence-corrected chi connectivity index (χ2v) is 4.57. The van der Waals surface area contributed by atoms with Crippen LogP contribution in [0.5, 0.6) is 0 Å². The van der Waals surface area contributed by atoms with E-state index in [4.69, 9.17) is 10.2 Å². The maximum absolute atomic E-state index is 11.5. The Labute approximate surface area is 112 Å². The SMILES string of the molecule is Cc1csc(NC(=O)N[C@@H](CCC(=O)O)C(=O)O)n1. The van der Waals surface area contributed by atoms with E-state index in [1.54, 1.807) is 12.3 Å². The van der Waals surface area contributed by atoms with E-state index in [9.17, 15) is 14.4 Å². The number of hydrogen-bond acceptors (Lipinski definition) is 5. The van der Waals surface area contributed by atoms with Crippen LogP contribution in [-0.4, -0.2) is 39.2 Å². The highest BCUT2D eigenvalue weighted by Gasteiger charge is 2.21. The molecule has 0 bridgehead atoms. The number of thiazole rings is 1. The number of nitrogens with one attached hydrogen (secondary N) is 2. The van der Waals surface area contributed by atoms with E-state index in [1.165, 1.54) is 11.3 Å². The number of aromatic nitrogens is 1. The number of anilines is 1. The van der Waals surface area contributed by atoms with E-state index >= 15 is 0 Å². The van der Waals surface area contributed by atoms with Crippen LogP contribution >= 0.6 is 11.3 Å². The highest BCUT2D eigenvalue weighted by molar-refractivity contribution is 7.13. The van der Waals surface area contributed by atoms with Crippen molar-refractivity contribution >= 4 is 34.4 Å². The zero-order valence-corrected chi connectivity index (χ0v) is 10.9. The smallest absolute Gasteiger partial charge is 0.326 e. The minimum atomic E-state index is -1.29. The Hall–Kier alpha value is -2.16. The van der Waals surface area contributed by atoms with Crippen molar-refractivity contribution in [1.82, 2.24) is 10.3 Å². The van der Waals surface area contributed by atoms with Crippen LogP contribution in [0.25, 0.3) is 0 Å². The summed E-state index contributed by atoms with van der Waals surface area (Å²) < 4.78 is 0. The first-order valence-corrected chi connectivity index (χ1v) is 6.20. The Balaban J connectivity index is 2.51. The lowest BCUT2D eigenvalue weighted by Gasteiger charge is -2.13. The molecule has 104 valence electrons. The van der Waals surface area contributed by atoms with Crippen LogP contribution < -0.4 is 10.6 Å². The van der Waals surface area contributed by atoms with E-state index in [0.717, 1.165) is 5.69 Å². The molecule has 0 radical (unpaired) electrons. The first-order chi connectivity index (χ1) is 8.88. The summed E-state index contributed by atoms with van der Waals surface area (Å²) in [7, 11) is 0. The predicted octanol–water partition coefficient (Wildman–Crippen LogP) is 0.891. The van der Waals surface area contributed by atoms with Gasteiger partial charge in [0.15, 0.2) is 5.13 Å². The van der Waals surface area contributed by atoms with Gasteiger partial charge in [0.1, 0.15) is 6.04 Å². The van der Waals surface area contributed by atoms with E-state index in [0.29, 0.717) is 5.13 Å². The molecule has 0 aliphatic rings. The third kappa shape index (κ3) is 5.34. The molecule has 2 amide bonds. The topological polar surface area (TPSA) is 129 Å². The number of aryl methyl sites for hydroxylation is 1. The molecule has 8 nitrogen and oxygen atoms in total. The van der Waals surface area contributed by atoms with Crippen molar-refractivity contribution in [2.45, 2.75) is 25.8 Å². The number of aliphatic carboxylic acids is 2. The summed E-state index contributed by atoms with van der Waals surface area (Å²) in [5.74, 6) is -2.41. The molecule has 1 atom stereocenters. The number of rotatable bonds is 6. The van der Waals surface area contributed by atoms with Crippen LogP contribution in [0.2, 0.25) is 0 Å². The van der Waals surface area contributed by atoms with Crippen LogP contribution in [0, 0.1) is 6.92 Å². The van der Waals surface area contributed by atoms with Crippen molar-refractivity contribution in [3.05, 3.63) is 11.1 Å². The van der Waals surface area contributed by atoms with Gasteiger partial charge in [-0.25, -0.2) is 14.6 Å². The van der Waals surface area contributed by atoms with Crippen molar-refractivity contribution in [2.75, 3.05) is 5.32 Å². The molecule has 19 heavy (non-hydrogen) atoms. The van der Waals surface area contributed by atoms with Crippen molar-refractivity contribution in [2.24, 2.45) is 0 Å². The first-order valence-electron chi connectivity index (χ1n) is 5.32. The molecule has 4 N–H and O–H groups in total. The van der Waals surface area contributed by atoms with Gasteiger partial charge in [0, 0.05) is 11.8 Å². The van der Waals surface area contributed by atoms with Crippen molar-refractivity contribution in [3.8, 4) is 0 Å². The fourth-order valence-electron chi connectivity index (χ4n) is 1.23. The molecule has 1 aromatic heterocycles. The highest BCUT2D eigenvalue weighted by atomic mass is 32.1. The second-order valence-electron chi connectivity index (χ2n) is 3.72. The summed E-state index contributed by atoms with van der Waals surface area (Å²) in [5.41, 5.74) is 0.737. The van der Waals surface area contributed by atoms with E-state index in [-0.39, 0.29) is 12.8 Å². The van der Waals surface area contributed by atoms with E-state index < -0.39 is 24.0 Å². The molecule has 0 fully saturated rings. The molecular weight excluding hydrogens is 274 g/mol. The Bertz CT molecular complexity index is 487. The second kappa shape index (κ2) is 6.69. The fourth-order valence-corrected chi connectivity index (χ4v) is 1.91. The summed E-state index contributed by atoms with van der Waals surface area (Å²) in [4.78, 5) is 36.7. The van der Waals surface area contributed by atoms with Crippen LogP contribution in [0.15, 0.2) is 5.38 Å². The Morgan fingerprint density at radius 3 is 2.58 bits per heavy atom. The maximum Gasteiger partial charge on any atom is 0.326 e. The minimum Gasteiger partial charge on any atom is -0.481 e. The normalized spacial score (nSPS) is 11.6. The molecule has 0 aromatic carbocycles. The van der Waals surface area contributed by atoms with E-state index in [2.05, 4.69) is 15.6 Å². The van der Waals surface area contributed by atoms with Crippen molar-refractivity contribution in [1.29, 1.82) is 0 Å². The Morgan fingerprint density at radius 2 is 2.11 bits per heavy atom. The molecule has 0 saturated carbocycles. The summed E-state index contributed by atoms with van der Waals surface area (Å²) in [6, 6.07) is -1.98. The average molecular weight is 287 g/mol. The number of carboxylic acid groups (broad SMARTS) is 2. The molecule has 1 aromatic rings. The minimum absolute atomic E-state index is 0.186. The molecular formula is C10H13N3O5S. The van der Waals surface area contributed by atoms with Gasteiger partial charge in [-0.3, -0.25) is 10.1 Å². The van der Waals surface area contributed by atoms with Gasteiger partial charge in [-0.1, -0.05) is 0 Å². The molecule has 0 saturated heterocycles. The van der Waals surface area contributed by atoms with Crippen molar-refractivity contribution < 1.29 is 24.6 Å². The third-order valence-corrected chi connectivity index (χ3v) is 2.97. The monoisotopic (exact) mass is 287 g/mol. The lowest BCUT2D eigenvalue weighted by Crippen LogP contribution is -2.43. The maximum atomic E-state index is 11.5. The van der Waals surface area contributed by atoms with Gasteiger partial charge in [0.25, 0.3) is 0 Å². The van der Waals surface area contributed by atoms with Gasteiger partial charge >= 0.3 is 18.0 Å². The van der Waals surface area contributed by atoms with E-state index in [1.807, 2.05) is 0 Å². The lowest BCUT2D eigenvalue weighted by molar-refractivity contribution is -0.140. The Morgan fingerprint density at radius 1 is 1.42 bits per heavy atom. The van der Waals surface area contributed by atoms with Gasteiger partial charge in [0.2, 0.25) is 0 Å². The standard InChI is InChI=1S/C10H13N3O5S/c1-5-4-19-10(11-5)13-9(18)12-6(8(16)17)2-3-7(14)15/h4,6H,2-3H2,1H3,(H,14,15)(H,16,17)(H2,11,12,13,18)/t6-/m0/s1. The number of carbonyl (C=O) groups is 3. The van der Waals surface area contributed by atoms with Gasteiger partial charge < -0.3 is 15.5 Å². The van der Waals surface area contributed by atoms with Crippen LogP contribution in [-0.2, 0) is 9.59 Å². The molecule has 0 aliphatic heterocycles. The molecule has 0 aliphatic carbocycles. The quantitative estimate of drug-likeness (QED) is 0.615. The number of amides is 2. The van der Waals surface area contributed by atoms with Gasteiger partial charge in [-0.15, -0.1) is 11.3 Å². The third-order valence-electron chi connectivity index (χ3n) is 2.09. The number of hydrogen-bond donors (Lipinski definition) is 4. The molecule has 0 unspecified atom stereocenters. The molecule has 1 heterocycles. The summed E-state index contributed by atoms with van der Waals surface area (Å²) in [5, 5.41) is 24.0. The predicted molar refractivity (Wildman–Crippen MR) is 67.3 cm³/mol. The van der Waals surface area contributed by atoms with Crippen LogP contribution in [0.3, 0.4) is 0 Å². The van der Waals surface area contributed by atoms with Gasteiger partial charge in [0.05, 0.1) is 5.69 Å². The fraction of sp³-hybridized carbons (Fsp3) is 0.400. The number of urea groups is 1. The zero-order valence-electron chi connectivity index (χ0n) is 10.0. The number of carbonyl (C=O) groups excluding carboxylic acids is 1. The lowest BCUT2D eigenvalue weighted by atomic mass is 10.1. The summed E-state index contributed by atoms with van der Waals surface area (Å²) in [6.45, 7) is 1.76. The average Bonchev–Trinajstić information content (AvgIpc) is 2.69.